The zero-order chi connectivity index (χ0) is 14.7. The van der Waals surface area contributed by atoms with Crippen molar-refractivity contribution in [2.45, 2.75) is 44.6 Å². The zero-order valence-corrected chi connectivity index (χ0v) is 12.0. The van der Waals surface area contributed by atoms with Gasteiger partial charge in [0.25, 0.3) is 0 Å². The fourth-order valence-electron chi connectivity index (χ4n) is 3.24. The summed E-state index contributed by atoms with van der Waals surface area (Å²) in [5.74, 6) is 0.723. The van der Waals surface area contributed by atoms with Crippen LogP contribution in [0.5, 0.6) is 0 Å². The van der Waals surface area contributed by atoms with E-state index in [9.17, 15) is 9.59 Å². The summed E-state index contributed by atoms with van der Waals surface area (Å²) in [7, 11) is 0. The third-order valence-corrected chi connectivity index (χ3v) is 4.35. The smallest absolute Gasteiger partial charge is 0.245 e. The van der Waals surface area contributed by atoms with Crippen LogP contribution in [0.4, 0.5) is 0 Å². The second-order valence-electron chi connectivity index (χ2n) is 5.79. The van der Waals surface area contributed by atoms with Crippen LogP contribution >= 0.6 is 0 Å². The maximum absolute atomic E-state index is 12.6. The van der Waals surface area contributed by atoms with E-state index in [2.05, 4.69) is 15.5 Å². The minimum Gasteiger partial charge on any atom is -0.342 e. The Balaban J connectivity index is 1.63. The molecule has 0 radical (unpaired) electrons. The molecule has 0 spiro atoms. The Kier molecular flexibility index (Phi) is 4.17. The Morgan fingerprint density at radius 3 is 2.81 bits per heavy atom. The zero-order valence-electron chi connectivity index (χ0n) is 12.0. The standard InChI is InChI=1S/C14H20N4O3/c19-11-8-18(7-6-12-15-9-16-21-12)14(20)13(17-11)10-4-2-1-3-5-10/h9-10,13H,1-8H2,(H,17,19). The van der Waals surface area contributed by atoms with Crippen molar-refractivity contribution in [2.75, 3.05) is 13.1 Å². The number of rotatable bonds is 4. The topological polar surface area (TPSA) is 88.3 Å². The number of nitrogens with zero attached hydrogens (tertiary/aromatic N) is 3. The maximum atomic E-state index is 12.6. The van der Waals surface area contributed by atoms with Crippen LogP contribution in [0.25, 0.3) is 0 Å². The molecule has 1 N–H and O–H groups in total. The van der Waals surface area contributed by atoms with E-state index in [1.807, 2.05) is 0 Å². The summed E-state index contributed by atoms with van der Waals surface area (Å²) >= 11 is 0. The monoisotopic (exact) mass is 292 g/mol. The molecule has 1 saturated heterocycles. The highest BCUT2D eigenvalue weighted by molar-refractivity contribution is 5.95. The normalized spacial score (nSPS) is 24.2. The van der Waals surface area contributed by atoms with Gasteiger partial charge in [0.15, 0.2) is 6.33 Å². The van der Waals surface area contributed by atoms with Gasteiger partial charge in [0.2, 0.25) is 17.7 Å². The highest BCUT2D eigenvalue weighted by Crippen LogP contribution is 2.28. The van der Waals surface area contributed by atoms with Gasteiger partial charge in [-0.05, 0) is 18.8 Å². The predicted octanol–water partition coefficient (Wildman–Crippen LogP) is 0.519. The van der Waals surface area contributed by atoms with Gasteiger partial charge in [0.05, 0.1) is 6.54 Å². The summed E-state index contributed by atoms with van der Waals surface area (Å²) < 4.78 is 4.93. The summed E-state index contributed by atoms with van der Waals surface area (Å²) in [6.07, 6.45) is 7.38. The van der Waals surface area contributed by atoms with E-state index >= 15 is 0 Å². The first kappa shape index (κ1) is 14.0. The molecule has 1 aliphatic carbocycles. The van der Waals surface area contributed by atoms with Crippen molar-refractivity contribution in [3.63, 3.8) is 0 Å². The molecule has 1 unspecified atom stereocenters. The minimum atomic E-state index is -0.353. The van der Waals surface area contributed by atoms with E-state index in [0.717, 1.165) is 25.7 Å². The van der Waals surface area contributed by atoms with Crippen LogP contribution in [0.3, 0.4) is 0 Å². The van der Waals surface area contributed by atoms with Crippen molar-refractivity contribution in [1.29, 1.82) is 0 Å². The molecule has 7 heteroatoms. The molecule has 21 heavy (non-hydrogen) atoms. The Morgan fingerprint density at radius 1 is 1.29 bits per heavy atom. The molecular weight excluding hydrogens is 272 g/mol. The number of aromatic nitrogens is 2. The number of amides is 2. The first-order valence-electron chi connectivity index (χ1n) is 7.58. The molecule has 0 bridgehead atoms. The SMILES string of the molecule is O=C1CN(CCc2ncno2)C(=O)C(C2CCCCC2)N1. The van der Waals surface area contributed by atoms with E-state index in [-0.39, 0.29) is 30.3 Å². The molecule has 0 aromatic carbocycles. The molecule has 1 atom stereocenters. The van der Waals surface area contributed by atoms with Gasteiger partial charge >= 0.3 is 0 Å². The maximum Gasteiger partial charge on any atom is 0.245 e. The van der Waals surface area contributed by atoms with Crippen LogP contribution in [-0.2, 0) is 16.0 Å². The second kappa shape index (κ2) is 6.24. The number of nitrogens with one attached hydrogen (secondary N) is 1. The van der Waals surface area contributed by atoms with Crippen LogP contribution in [0, 0.1) is 5.92 Å². The van der Waals surface area contributed by atoms with Crippen molar-refractivity contribution in [1.82, 2.24) is 20.4 Å². The number of carbonyl (C=O) groups is 2. The van der Waals surface area contributed by atoms with E-state index in [4.69, 9.17) is 4.52 Å². The van der Waals surface area contributed by atoms with Gasteiger partial charge in [-0.15, -0.1) is 0 Å². The van der Waals surface area contributed by atoms with Crippen LogP contribution in [0.1, 0.15) is 38.0 Å². The molecule has 7 nitrogen and oxygen atoms in total. The summed E-state index contributed by atoms with van der Waals surface area (Å²) in [6, 6.07) is -0.353. The summed E-state index contributed by atoms with van der Waals surface area (Å²) in [6.45, 7) is 0.563. The van der Waals surface area contributed by atoms with Crippen LogP contribution in [0.2, 0.25) is 0 Å². The lowest BCUT2D eigenvalue weighted by Gasteiger charge is -2.37. The quantitative estimate of drug-likeness (QED) is 0.874. The molecule has 2 heterocycles. The minimum absolute atomic E-state index is 0.0287. The molecule has 2 amide bonds. The van der Waals surface area contributed by atoms with Gasteiger partial charge in [-0.25, -0.2) is 0 Å². The molecule has 2 fully saturated rings. The summed E-state index contributed by atoms with van der Waals surface area (Å²) in [5.41, 5.74) is 0. The van der Waals surface area contributed by atoms with Crippen molar-refractivity contribution in [3.8, 4) is 0 Å². The first-order valence-corrected chi connectivity index (χ1v) is 7.58. The highest BCUT2D eigenvalue weighted by atomic mass is 16.5. The molecule has 114 valence electrons. The molecule has 1 saturated carbocycles. The lowest BCUT2D eigenvalue weighted by Crippen LogP contribution is -2.61. The molecule has 2 aliphatic rings. The summed E-state index contributed by atoms with van der Waals surface area (Å²) in [4.78, 5) is 30.0. The lowest BCUT2D eigenvalue weighted by molar-refractivity contribution is -0.146. The van der Waals surface area contributed by atoms with Crippen molar-refractivity contribution in [2.24, 2.45) is 5.92 Å². The average molecular weight is 292 g/mol. The fraction of sp³-hybridized carbons (Fsp3) is 0.714. The summed E-state index contributed by atoms with van der Waals surface area (Å²) in [5, 5.41) is 6.42. The van der Waals surface area contributed by atoms with Gasteiger partial charge in [0.1, 0.15) is 6.04 Å². The van der Waals surface area contributed by atoms with Crippen molar-refractivity contribution >= 4 is 11.8 Å². The van der Waals surface area contributed by atoms with Crippen molar-refractivity contribution in [3.05, 3.63) is 12.2 Å². The number of carbonyl (C=O) groups excluding carboxylic acids is 2. The molecule has 1 aromatic heterocycles. The lowest BCUT2D eigenvalue weighted by atomic mass is 9.82. The molecule has 1 aromatic rings. The van der Waals surface area contributed by atoms with Crippen molar-refractivity contribution < 1.29 is 14.1 Å². The van der Waals surface area contributed by atoms with Gasteiger partial charge in [-0.3, -0.25) is 9.59 Å². The largest absolute Gasteiger partial charge is 0.342 e. The van der Waals surface area contributed by atoms with Gasteiger partial charge in [-0.1, -0.05) is 24.4 Å². The van der Waals surface area contributed by atoms with Gasteiger partial charge in [0, 0.05) is 13.0 Å². The Bertz CT molecular complexity index is 496. The Labute approximate surface area is 123 Å². The highest BCUT2D eigenvalue weighted by Gasteiger charge is 2.37. The average Bonchev–Trinajstić information content (AvgIpc) is 3.02. The number of hydrogen-bond acceptors (Lipinski definition) is 5. The molecule has 3 rings (SSSR count). The van der Waals surface area contributed by atoms with Crippen LogP contribution in [0.15, 0.2) is 10.9 Å². The molecular formula is C14H20N4O3. The van der Waals surface area contributed by atoms with Crippen LogP contribution < -0.4 is 5.32 Å². The first-order chi connectivity index (χ1) is 10.2. The Hall–Kier alpha value is -1.92. The van der Waals surface area contributed by atoms with E-state index in [0.29, 0.717) is 18.9 Å². The predicted molar refractivity (Wildman–Crippen MR) is 73.1 cm³/mol. The fourth-order valence-corrected chi connectivity index (χ4v) is 3.24. The van der Waals surface area contributed by atoms with Crippen LogP contribution in [-0.4, -0.2) is 46.0 Å². The van der Waals surface area contributed by atoms with Gasteiger partial charge < -0.3 is 14.7 Å². The van der Waals surface area contributed by atoms with E-state index in [1.165, 1.54) is 12.7 Å². The second-order valence-corrected chi connectivity index (χ2v) is 5.79. The number of hydrogen-bond donors (Lipinski definition) is 1. The van der Waals surface area contributed by atoms with E-state index < -0.39 is 0 Å². The van der Waals surface area contributed by atoms with Gasteiger partial charge in [-0.2, -0.15) is 4.98 Å². The Morgan fingerprint density at radius 2 is 2.10 bits per heavy atom. The third kappa shape index (κ3) is 3.22. The number of piperazine rings is 1. The molecule has 1 aliphatic heterocycles. The third-order valence-electron chi connectivity index (χ3n) is 4.35. The van der Waals surface area contributed by atoms with E-state index in [1.54, 1.807) is 4.90 Å².